The van der Waals surface area contributed by atoms with E-state index >= 15 is 0 Å². The Kier molecular flexibility index (Phi) is 1.87. The van der Waals surface area contributed by atoms with Gasteiger partial charge in [0, 0.05) is 18.8 Å². The highest BCUT2D eigenvalue weighted by molar-refractivity contribution is 9.25. The van der Waals surface area contributed by atoms with Crippen molar-refractivity contribution in [1.82, 2.24) is 0 Å². The Morgan fingerprint density at radius 1 is 1.22 bits per heavy atom. The Morgan fingerprint density at radius 2 is 1.89 bits per heavy atom. The normalized spacial score (nSPS) is 67.6. The smallest absolute Gasteiger partial charge is 0.303 e. The second-order valence-electron chi connectivity index (χ2n) is 6.77. The van der Waals surface area contributed by atoms with Gasteiger partial charge in [-0.25, -0.2) is 0 Å². The summed E-state index contributed by atoms with van der Waals surface area (Å²) in [7, 11) is 0. The molecule has 6 fully saturated rings. The standard InChI is InChI=1S/C13H13Br3O2/c1-3(17)18-12-8-5-2-4-6(7(5)11(12)14)10(12)13(15,16)9(4)8/h4-11H,2H2,1H3/t4-,5+,6-,7+,8-,9-,10+,11-,12+/m0/s1. The maximum Gasteiger partial charge on any atom is 0.303 e. The summed E-state index contributed by atoms with van der Waals surface area (Å²) in [5, 5.41) is 0. The first kappa shape index (κ1) is 11.6. The summed E-state index contributed by atoms with van der Waals surface area (Å²) in [5.74, 6) is 4.64. The van der Waals surface area contributed by atoms with Crippen LogP contribution in [0, 0.1) is 41.4 Å². The van der Waals surface area contributed by atoms with Crippen molar-refractivity contribution in [3.05, 3.63) is 0 Å². The summed E-state index contributed by atoms with van der Waals surface area (Å²) in [6.07, 6.45) is 1.35. The maximum absolute atomic E-state index is 11.6. The minimum absolute atomic E-state index is 0.00146. The number of hydrogen-bond donors (Lipinski definition) is 0. The van der Waals surface area contributed by atoms with E-state index in [0.717, 1.165) is 23.7 Å². The van der Waals surface area contributed by atoms with E-state index in [-0.39, 0.29) is 14.8 Å². The van der Waals surface area contributed by atoms with Gasteiger partial charge >= 0.3 is 5.97 Å². The van der Waals surface area contributed by atoms with Gasteiger partial charge < -0.3 is 4.74 Å². The molecule has 9 atom stereocenters. The molecule has 0 heterocycles. The Hall–Kier alpha value is 0.910. The third-order valence-corrected chi connectivity index (χ3v) is 10.00. The number of ether oxygens (including phenoxy) is 1. The molecule has 0 N–H and O–H groups in total. The molecule has 5 heteroatoms. The number of rotatable bonds is 1. The summed E-state index contributed by atoms with van der Waals surface area (Å²) in [5.41, 5.74) is -0.240. The molecule has 0 saturated heterocycles. The lowest BCUT2D eigenvalue weighted by atomic mass is 9.69. The van der Waals surface area contributed by atoms with E-state index in [4.69, 9.17) is 4.74 Å². The summed E-state index contributed by atoms with van der Waals surface area (Å²) in [6.45, 7) is 1.56. The Balaban J connectivity index is 1.76. The van der Waals surface area contributed by atoms with Crippen molar-refractivity contribution in [2.45, 2.75) is 27.0 Å². The number of carbonyl (C=O) groups is 1. The average Bonchev–Trinajstić information content (AvgIpc) is 2.93. The van der Waals surface area contributed by atoms with Crippen LogP contribution in [0.5, 0.6) is 0 Å². The van der Waals surface area contributed by atoms with Crippen LogP contribution >= 0.6 is 47.8 Å². The van der Waals surface area contributed by atoms with Gasteiger partial charge in [-0.05, 0) is 36.0 Å². The number of hydrogen-bond acceptors (Lipinski definition) is 2. The van der Waals surface area contributed by atoms with Crippen LogP contribution in [0.15, 0.2) is 0 Å². The van der Waals surface area contributed by atoms with E-state index in [9.17, 15) is 4.79 Å². The molecule has 6 saturated carbocycles. The van der Waals surface area contributed by atoms with Crippen LogP contribution in [-0.4, -0.2) is 19.6 Å². The summed E-state index contributed by atoms with van der Waals surface area (Å²) in [4.78, 5) is 12.0. The second kappa shape index (κ2) is 2.92. The summed E-state index contributed by atoms with van der Waals surface area (Å²) < 4.78 is 5.98. The molecule has 18 heavy (non-hydrogen) atoms. The number of alkyl halides is 3. The zero-order valence-electron chi connectivity index (χ0n) is 9.78. The van der Waals surface area contributed by atoms with Crippen LogP contribution in [0.3, 0.4) is 0 Å². The van der Waals surface area contributed by atoms with Crippen molar-refractivity contribution in [2.75, 3.05) is 0 Å². The molecule has 2 nitrogen and oxygen atoms in total. The predicted octanol–water partition coefficient (Wildman–Crippen LogP) is 3.31. The summed E-state index contributed by atoms with van der Waals surface area (Å²) in [6, 6.07) is 0. The molecular formula is C13H13Br3O2. The molecule has 0 aromatic carbocycles. The van der Waals surface area contributed by atoms with E-state index in [1.807, 2.05) is 0 Å². The molecule has 6 aliphatic carbocycles. The van der Waals surface area contributed by atoms with Gasteiger partial charge in [0.2, 0.25) is 0 Å². The molecule has 0 radical (unpaired) electrons. The van der Waals surface area contributed by atoms with Gasteiger partial charge in [0.25, 0.3) is 0 Å². The van der Waals surface area contributed by atoms with Crippen molar-refractivity contribution in [2.24, 2.45) is 41.4 Å². The average molecular weight is 441 g/mol. The number of esters is 1. The maximum atomic E-state index is 11.6. The van der Waals surface area contributed by atoms with Crippen LogP contribution in [0.1, 0.15) is 13.3 Å². The monoisotopic (exact) mass is 438 g/mol. The first-order chi connectivity index (χ1) is 8.42. The lowest BCUT2D eigenvalue weighted by Crippen LogP contribution is -2.49. The Bertz CT molecular complexity index is 493. The fourth-order valence-electron chi connectivity index (χ4n) is 6.89. The summed E-state index contributed by atoms with van der Waals surface area (Å²) >= 11 is 11.8. The van der Waals surface area contributed by atoms with Gasteiger partial charge in [0.05, 0.1) is 8.06 Å². The quantitative estimate of drug-likeness (QED) is 0.462. The Morgan fingerprint density at radius 3 is 2.56 bits per heavy atom. The van der Waals surface area contributed by atoms with Crippen LogP contribution in [0.2, 0.25) is 0 Å². The minimum Gasteiger partial charge on any atom is -0.457 e. The molecule has 0 amide bonds. The fourth-order valence-corrected chi connectivity index (χ4v) is 10.9. The van der Waals surface area contributed by atoms with Crippen LogP contribution < -0.4 is 0 Å². The van der Waals surface area contributed by atoms with Crippen molar-refractivity contribution in [3.63, 3.8) is 0 Å². The molecule has 98 valence electrons. The Labute approximate surface area is 131 Å². The van der Waals surface area contributed by atoms with E-state index in [0.29, 0.717) is 22.6 Å². The first-order valence-electron chi connectivity index (χ1n) is 6.64. The van der Waals surface area contributed by atoms with E-state index in [2.05, 4.69) is 47.8 Å². The highest BCUT2D eigenvalue weighted by Gasteiger charge is 2.93. The topological polar surface area (TPSA) is 26.3 Å². The molecule has 0 spiro atoms. The van der Waals surface area contributed by atoms with Gasteiger partial charge in [-0.3, -0.25) is 4.79 Å². The van der Waals surface area contributed by atoms with Crippen molar-refractivity contribution in [3.8, 4) is 0 Å². The molecule has 0 unspecified atom stereocenters. The lowest BCUT2D eigenvalue weighted by molar-refractivity contribution is -0.167. The molecule has 6 aliphatic rings. The largest absolute Gasteiger partial charge is 0.457 e. The highest BCUT2D eigenvalue weighted by atomic mass is 79.9. The third-order valence-electron chi connectivity index (χ3n) is 6.63. The molecule has 0 aromatic rings. The second-order valence-corrected chi connectivity index (χ2v) is 11.4. The van der Waals surface area contributed by atoms with Crippen LogP contribution in [0.4, 0.5) is 0 Å². The predicted molar refractivity (Wildman–Crippen MR) is 76.8 cm³/mol. The first-order valence-corrected chi connectivity index (χ1v) is 9.14. The third kappa shape index (κ3) is 0.828. The molecule has 0 aromatic heterocycles. The van der Waals surface area contributed by atoms with Gasteiger partial charge in [-0.15, -0.1) is 0 Å². The fraction of sp³-hybridized carbons (Fsp3) is 0.923. The number of carbonyl (C=O) groups excluding carboxylic acids is 1. The van der Waals surface area contributed by atoms with Crippen molar-refractivity contribution in [1.29, 1.82) is 0 Å². The molecule has 0 aliphatic heterocycles. The minimum atomic E-state index is -0.240. The number of halogens is 3. The van der Waals surface area contributed by atoms with Gasteiger partial charge in [-0.1, -0.05) is 47.8 Å². The molecule has 6 rings (SSSR count). The lowest BCUT2D eigenvalue weighted by Gasteiger charge is -2.41. The SMILES string of the molecule is CC(=O)O[C@@]12[C@H]3[C@@H]4C[C@H]5[C@@H]([C@@H]4[C@@H]1Br)[C@H]2C(Br)(Br)[C@@H]53. The van der Waals surface area contributed by atoms with Crippen LogP contribution in [0.25, 0.3) is 0 Å². The highest BCUT2D eigenvalue weighted by Crippen LogP contribution is 2.90. The van der Waals surface area contributed by atoms with Crippen LogP contribution in [-0.2, 0) is 9.53 Å². The van der Waals surface area contributed by atoms with Crippen molar-refractivity contribution >= 4 is 53.8 Å². The van der Waals surface area contributed by atoms with E-state index in [1.165, 1.54) is 6.42 Å². The molecular weight excluding hydrogens is 428 g/mol. The van der Waals surface area contributed by atoms with Gasteiger partial charge in [0.1, 0.15) is 5.60 Å². The van der Waals surface area contributed by atoms with Gasteiger partial charge in [0.15, 0.2) is 0 Å². The van der Waals surface area contributed by atoms with Gasteiger partial charge in [-0.2, -0.15) is 0 Å². The van der Waals surface area contributed by atoms with E-state index < -0.39 is 0 Å². The van der Waals surface area contributed by atoms with E-state index in [1.54, 1.807) is 6.92 Å². The molecule has 6 bridgehead atoms. The zero-order valence-corrected chi connectivity index (χ0v) is 14.5. The van der Waals surface area contributed by atoms with Crippen molar-refractivity contribution < 1.29 is 9.53 Å². The zero-order chi connectivity index (χ0) is 12.6.